The number of esters is 1. The number of ether oxygens (including phenoxy) is 3. The fourth-order valence-electron chi connectivity index (χ4n) is 2.67. The highest BCUT2D eigenvalue weighted by atomic mass is 35.5. The zero-order chi connectivity index (χ0) is 18.3. The zero-order valence-corrected chi connectivity index (χ0v) is 14.4. The number of H-pyrrole nitrogens is 1. The van der Waals surface area contributed by atoms with Gasteiger partial charge in [0.15, 0.2) is 23.4 Å². The summed E-state index contributed by atoms with van der Waals surface area (Å²) in [6.45, 7) is 1.67. The largest absolute Gasteiger partial charge is 0.454 e. The van der Waals surface area contributed by atoms with E-state index in [0.29, 0.717) is 22.4 Å². The summed E-state index contributed by atoms with van der Waals surface area (Å²) < 4.78 is 15.9. The van der Waals surface area contributed by atoms with E-state index in [1.54, 1.807) is 31.2 Å². The minimum Gasteiger partial charge on any atom is -0.454 e. The van der Waals surface area contributed by atoms with Crippen molar-refractivity contribution in [3.63, 3.8) is 0 Å². The molecule has 7 nitrogen and oxygen atoms in total. The maximum atomic E-state index is 12.4. The molecule has 0 fully saturated rings. The van der Waals surface area contributed by atoms with Gasteiger partial charge in [-0.1, -0.05) is 23.7 Å². The van der Waals surface area contributed by atoms with Crippen molar-refractivity contribution >= 4 is 28.5 Å². The molecule has 132 valence electrons. The lowest BCUT2D eigenvalue weighted by Gasteiger charge is -2.13. The van der Waals surface area contributed by atoms with E-state index in [2.05, 4.69) is 9.97 Å². The van der Waals surface area contributed by atoms with Crippen LogP contribution < -0.4 is 15.0 Å². The highest BCUT2D eigenvalue weighted by Gasteiger charge is 2.23. The number of aromatic nitrogens is 2. The fourth-order valence-corrected chi connectivity index (χ4v) is 2.93. The van der Waals surface area contributed by atoms with Crippen LogP contribution in [0.4, 0.5) is 0 Å². The van der Waals surface area contributed by atoms with E-state index in [1.807, 2.05) is 0 Å². The average Bonchev–Trinajstić information content (AvgIpc) is 3.11. The second-order valence-electron chi connectivity index (χ2n) is 5.71. The number of halogens is 1. The van der Waals surface area contributed by atoms with Gasteiger partial charge in [0.2, 0.25) is 6.79 Å². The third-order valence-corrected chi connectivity index (χ3v) is 4.24. The maximum Gasteiger partial charge on any atom is 0.339 e. The Labute approximate surface area is 152 Å². The number of carbonyl (C=O) groups excluding carboxylic acids is 1. The van der Waals surface area contributed by atoms with Crippen LogP contribution in [0.1, 0.15) is 29.2 Å². The normalized spacial score (nSPS) is 13.6. The van der Waals surface area contributed by atoms with Crippen molar-refractivity contribution in [2.45, 2.75) is 13.0 Å². The van der Waals surface area contributed by atoms with E-state index in [-0.39, 0.29) is 28.8 Å². The third kappa shape index (κ3) is 2.86. The second kappa shape index (κ2) is 6.34. The summed E-state index contributed by atoms with van der Waals surface area (Å²) in [6, 6.07) is 9.88. The molecule has 4 rings (SSSR count). The lowest BCUT2D eigenvalue weighted by molar-refractivity contribution is 0.0319. The van der Waals surface area contributed by atoms with Crippen LogP contribution in [0, 0.1) is 0 Å². The number of para-hydroxylation sites is 1. The van der Waals surface area contributed by atoms with E-state index < -0.39 is 12.1 Å². The Morgan fingerprint density at radius 3 is 2.96 bits per heavy atom. The fraction of sp³-hybridized carbons (Fsp3) is 0.167. The minimum absolute atomic E-state index is 0.0478. The molecule has 1 aliphatic heterocycles. The predicted molar refractivity (Wildman–Crippen MR) is 93.8 cm³/mol. The molecule has 0 amide bonds. The molecule has 0 bridgehead atoms. The topological polar surface area (TPSA) is 90.5 Å². The summed E-state index contributed by atoms with van der Waals surface area (Å²) in [5.74, 6) is 0.425. The number of fused-ring (bicyclic) bond motifs is 2. The molecule has 3 aromatic rings. The molecular weight excluding hydrogens is 360 g/mol. The first-order valence-corrected chi connectivity index (χ1v) is 8.20. The summed E-state index contributed by atoms with van der Waals surface area (Å²) in [7, 11) is 0. The molecule has 8 heteroatoms. The number of hydrogen-bond donors (Lipinski definition) is 1. The Morgan fingerprint density at radius 1 is 1.31 bits per heavy atom. The Bertz CT molecular complexity index is 1080. The van der Waals surface area contributed by atoms with Gasteiger partial charge in [0, 0.05) is 0 Å². The third-order valence-electron chi connectivity index (χ3n) is 3.96. The van der Waals surface area contributed by atoms with Crippen molar-refractivity contribution in [3.05, 3.63) is 63.2 Å². The quantitative estimate of drug-likeness (QED) is 0.710. The van der Waals surface area contributed by atoms with Crippen molar-refractivity contribution < 1.29 is 19.0 Å². The number of rotatable bonds is 3. The molecular formula is C18H13ClN2O5. The van der Waals surface area contributed by atoms with Crippen molar-refractivity contribution in [2.75, 3.05) is 6.79 Å². The van der Waals surface area contributed by atoms with Crippen LogP contribution in [0.25, 0.3) is 10.9 Å². The lowest BCUT2D eigenvalue weighted by Crippen LogP contribution is -2.17. The van der Waals surface area contributed by atoms with Gasteiger partial charge in [0.05, 0.1) is 21.5 Å². The average molecular weight is 373 g/mol. The van der Waals surface area contributed by atoms with Crippen molar-refractivity contribution in [1.82, 2.24) is 9.97 Å². The van der Waals surface area contributed by atoms with Crippen LogP contribution in [-0.2, 0) is 4.74 Å². The van der Waals surface area contributed by atoms with Gasteiger partial charge in [-0.2, -0.15) is 0 Å². The first kappa shape index (κ1) is 16.4. The van der Waals surface area contributed by atoms with Crippen LogP contribution in [-0.4, -0.2) is 22.7 Å². The molecule has 2 aromatic carbocycles. The molecule has 0 radical (unpaired) electrons. The standard InChI is InChI=1S/C18H13ClN2O5/c1-9(16-20-13-5-3-2-4-11(13)17(22)21-16)26-18(23)10-6-12(19)15-14(7-10)24-8-25-15/h2-7,9H,8H2,1H3,(H,20,21,22). The highest BCUT2D eigenvalue weighted by molar-refractivity contribution is 6.32. The van der Waals surface area contributed by atoms with E-state index >= 15 is 0 Å². The first-order chi connectivity index (χ1) is 12.5. The molecule has 1 aromatic heterocycles. The number of hydrogen-bond acceptors (Lipinski definition) is 6. The summed E-state index contributed by atoms with van der Waals surface area (Å²) in [6.07, 6.45) is -0.760. The number of aromatic amines is 1. The van der Waals surface area contributed by atoms with Gasteiger partial charge in [-0.3, -0.25) is 4.79 Å². The highest BCUT2D eigenvalue weighted by Crippen LogP contribution is 2.40. The number of nitrogens with zero attached hydrogens (tertiary/aromatic N) is 1. The summed E-state index contributed by atoms with van der Waals surface area (Å²) >= 11 is 6.09. The Balaban J connectivity index is 1.60. The monoisotopic (exact) mass is 372 g/mol. The van der Waals surface area contributed by atoms with Crippen LogP contribution in [0.2, 0.25) is 5.02 Å². The Kier molecular flexibility index (Phi) is 4.00. The van der Waals surface area contributed by atoms with Crippen LogP contribution in [0.3, 0.4) is 0 Å². The van der Waals surface area contributed by atoms with Crippen LogP contribution >= 0.6 is 11.6 Å². The molecule has 2 heterocycles. The molecule has 1 unspecified atom stereocenters. The van der Waals surface area contributed by atoms with Crippen molar-refractivity contribution in [1.29, 1.82) is 0 Å². The van der Waals surface area contributed by atoms with Crippen LogP contribution in [0.15, 0.2) is 41.2 Å². The first-order valence-electron chi connectivity index (χ1n) is 7.82. The smallest absolute Gasteiger partial charge is 0.339 e. The Morgan fingerprint density at radius 2 is 2.12 bits per heavy atom. The van der Waals surface area contributed by atoms with E-state index in [9.17, 15) is 9.59 Å². The summed E-state index contributed by atoms with van der Waals surface area (Å²) in [4.78, 5) is 31.6. The summed E-state index contributed by atoms with van der Waals surface area (Å²) in [5, 5.41) is 0.731. The molecule has 0 aliphatic carbocycles. The molecule has 0 saturated heterocycles. The second-order valence-corrected chi connectivity index (χ2v) is 6.11. The van der Waals surface area contributed by atoms with E-state index in [0.717, 1.165) is 0 Å². The molecule has 26 heavy (non-hydrogen) atoms. The van der Waals surface area contributed by atoms with Crippen LogP contribution in [0.5, 0.6) is 11.5 Å². The summed E-state index contributed by atoms with van der Waals surface area (Å²) in [5.41, 5.74) is 0.453. The maximum absolute atomic E-state index is 12.4. The van der Waals surface area contributed by atoms with Crippen molar-refractivity contribution in [2.24, 2.45) is 0 Å². The molecule has 1 N–H and O–H groups in total. The minimum atomic E-state index is -0.760. The molecule has 1 atom stereocenters. The zero-order valence-electron chi connectivity index (χ0n) is 13.6. The van der Waals surface area contributed by atoms with Gasteiger partial charge >= 0.3 is 5.97 Å². The number of benzene rings is 2. The van der Waals surface area contributed by atoms with Gasteiger partial charge in [0.25, 0.3) is 5.56 Å². The van der Waals surface area contributed by atoms with Gasteiger partial charge in [0.1, 0.15) is 0 Å². The van der Waals surface area contributed by atoms with Gasteiger partial charge in [-0.05, 0) is 31.2 Å². The van der Waals surface area contributed by atoms with Crippen molar-refractivity contribution in [3.8, 4) is 11.5 Å². The Hall–Kier alpha value is -3.06. The van der Waals surface area contributed by atoms with E-state index in [1.165, 1.54) is 12.1 Å². The van der Waals surface area contributed by atoms with Gasteiger partial charge < -0.3 is 19.2 Å². The van der Waals surface area contributed by atoms with Gasteiger partial charge in [-0.15, -0.1) is 0 Å². The SMILES string of the molecule is CC(OC(=O)c1cc(Cl)c2c(c1)OCO2)c1nc2ccccc2c(=O)[nH]1. The van der Waals surface area contributed by atoms with E-state index in [4.69, 9.17) is 25.8 Å². The lowest BCUT2D eigenvalue weighted by atomic mass is 10.2. The number of carbonyl (C=O) groups is 1. The molecule has 0 saturated carbocycles. The predicted octanol–water partition coefficient (Wildman–Crippen LogP) is 3.22. The molecule has 0 spiro atoms. The van der Waals surface area contributed by atoms with Gasteiger partial charge in [-0.25, -0.2) is 9.78 Å². The number of nitrogens with one attached hydrogen (secondary N) is 1. The molecule has 1 aliphatic rings.